The Morgan fingerprint density at radius 1 is 1.42 bits per heavy atom. The number of carbonyl (C=O) groups is 1. The molecule has 0 spiro atoms. The summed E-state index contributed by atoms with van der Waals surface area (Å²) in [5.74, 6) is 0.137. The van der Waals surface area contributed by atoms with Crippen molar-refractivity contribution >= 4 is 51.7 Å². The number of pyridine rings is 1. The zero-order valence-electron chi connectivity index (χ0n) is 18.3. The number of rotatable bonds is 9. The van der Waals surface area contributed by atoms with Crippen LogP contribution in [-0.2, 0) is 14.3 Å². The smallest absolute Gasteiger partial charge is 0.267 e. The highest BCUT2D eigenvalue weighted by atomic mass is 32.2. The first-order valence-electron chi connectivity index (χ1n) is 10.8. The van der Waals surface area contributed by atoms with E-state index in [4.69, 9.17) is 26.8 Å². The Kier molecular flexibility index (Phi) is 7.76. The van der Waals surface area contributed by atoms with Crippen LogP contribution in [0.5, 0.6) is 0 Å². The predicted octanol–water partition coefficient (Wildman–Crippen LogP) is 1.80. The highest BCUT2D eigenvalue weighted by molar-refractivity contribution is 8.26. The van der Waals surface area contributed by atoms with Crippen LogP contribution < -0.4 is 10.9 Å². The maximum atomic E-state index is 13.4. The normalized spacial score (nSPS) is 19.9. The Morgan fingerprint density at radius 2 is 2.27 bits per heavy atom. The van der Waals surface area contributed by atoms with Crippen LogP contribution in [0.3, 0.4) is 0 Å². The van der Waals surface area contributed by atoms with Crippen molar-refractivity contribution in [3.05, 3.63) is 44.7 Å². The van der Waals surface area contributed by atoms with Gasteiger partial charge >= 0.3 is 0 Å². The van der Waals surface area contributed by atoms with Gasteiger partial charge in [-0.05, 0) is 37.5 Å². The van der Waals surface area contributed by atoms with Crippen molar-refractivity contribution in [2.45, 2.75) is 25.9 Å². The highest BCUT2D eigenvalue weighted by Gasteiger charge is 2.35. The molecule has 2 N–H and O–H groups in total. The molecule has 9 nitrogen and oxygen atoms in total. The Bertz CT molecular complexity index is 1140. The van der Waals surface area contributed by atoms with Crippen molar-refractivity contribution in [3.8, 4) is 0 Å². The fraction of sp³-hybridized carbons (Fsp3) is 0.455. The van der Waals surface area contributed by atoms with Gasteiger partial charge in [0.15, 0.2) is 0 Å². The molecule has 2 aliphatic heterocycles. The van der Waals surface area contributed by atoms with E-state index in [2.05, 4.69) is 10.3 Å². The second kappa shape index (κ2) is 10.7. The van der Waals surface area contributed by atoms with Gasteiger partial charge in [-0.25, -0.2) is 4.98 Å². The summed E-state index contributed by atoms with van der Waals surface area (Å²) in [4.78, 5) is 33.0. The molecule has 0 unspecified atom stereocenters. The number of amides is 1. The molecule has 4 heterocycles. The van der Waals surface area contributed by atoms with E-state index >= 15 is 0 Å². The summed E-state index contributed by atoms with van der Waals surface area (Å²) in [6.45, 7) is 3.89. The van der Waals surface area contributed by atoms with E-state index in [9.17, 15) is 9.59 Å². The number of nitrogens with zero attached hydrogens (tertiary/aromatic N) is 3. The number of anilines is 1. The maximum absolute atomic E-state index is 13.4. The number of ether oxygens (including phenoxy) is 2. The van der Waals surface area contributed by atoms with Gasteiger partial charge in [0.2, 0.25) is 0 Å². The van der Waals surface area contributed by atoms with Gasteiger partial charge in [0, 0.05) is 19.3 Å². The molecule has 2 aromatic heterocycles. The van der Waals surface area contributed by atoms with E-state index in [1.807, 2.05) is 13.0 Å². The zero-order valence-corrected chi connectivity index (χ0v) is 19.9. The number of hydrogen-bond acceptors (Lipinski definition) is 9. The molecule has 0 aliphatic carbocycles. The van der Waals surface area contributed by atoms with Gasteiger partial charge in [0.05, 0.1) is 42.9 Å². The number of aromatic nitrogens is 2. The lowest BCUT2D eigenvalue weighted by Crippen LogP contribution is -2.35. The number of hydrogen-bond donors (Lipinski definition) is 2. The molecule has 1 amide bonds. The molecular weight excluding hydrogens is 464 g/mol. The molecule has 2 aromatic rings. The van der Waals surface area contributed by atoms with Crippen molar-refractivity contribution in [1.82, 2.24) is 14.3 Å². The number of carbonyl (C=O) groups excluding carboxylic acids is 1. The predicted molar refractivity (Wildman–Crippen MR) is 131 cm³/mol. The van der Waals surface area contributed by atoms with Crippen LogP contribution in [0.25, 0.3) is 11.7 Å². The first-order valence-corrected chi connectivity index (χ1v) is 12.0. The minimum Gasteiger partial charge on any atom is -0.394 e. The first kappa shape index (κ1) is 23.8. The number of nitrogens with one attached hydrogen (secondary N) is 1. The Balaban J connectivity index is 1.66. The third kappa shape index (κ3) is 5.28. The molecular formula is C22H26N4O5S2. The van der Waals surface area contributed by atoms with Crippen LogP contribution in [0, 0.1) is 6.92 Å². The van der Waals surface area contributed by atoms with E-state index in [-0.39, 0.29) is 36.3 Å². The van der Waals surface area contributed by atoms with Gasteiger partial charge in [-0.1, -0.05) is 30.0 Å². The van der Waals surface area contributed by atoms with Crippen LogP contribution in [0.2, 0.25) is 0 Å². The number of fused-ring (bicyclic) bond motifs is 1. The summed E-state index contributed by atoms with van der Waals surface area (Å²) in [6.07, 6.45) is 5.09. The lowest BCUT2D eigenvalue weighted by molar-refractivity contribution is -0.123. The standard InChI is InChI=1S/C22H26N4O5S2/c1-14-4-2-7-25-19(14)24-18(23-6-10-30-11-8-27)16(20(25)28)12-17-21(29)26(22(32)33-17)13-15-5-3-9-31-15/h2,4,7,12,15,23,27H,3,5-6,8-11,13H2,1H3/b17-12+/t15-/m0/s1. The Hall–Kier alpha value is -2.31. The number of thiocarbonyl (C=S) groups is 1. The van der Waals surface area contributed by atoms with Gasteiger partial charge in [-0.2, -0.15) is 0 Å². The number of aryl methyl sites for hydroxylation is 1. The van der Waals surface area contributed by atoms with E-state index in [1.165, 1.54) is 16.2 Å². The summed E-state index contributed by atoms with van der Waals surface area (Å²) in [5.41, 5.74) is 1.37. The van der Waals surface area contributed by atoms with Crippen molar-refractivity contribution in [2.24, 2.45) is 0 Å². The quantitative estimate of drug-likeness (QED) is 0.309. The van der Waals surface area contributed by atoms with Crippen LogP contribution in [0.15, 0.2) is 28.0 Å². The average molecular weight is 491 g/mol. The molecule has 0 bridgehead atoms. The van der Waals surface area contributed by atoms with Gasteiger partial charge in [-0.3, -0.25) is 18.9 Å². The largest absolute Gasteiger partial charge is 0.394 e. The molecule has 33 heavy (non-hydrogen) atoms. The third-order valence-corrected chi connectivity index (χ3v) is 6.80. The molecule has 11 heteroatoms. The number of aliphatic hydroxyl groups is 1. The van der Waals surface area contributed by atoms with Gasteiger partial charge in [0.25, 0.3) is 11.5 Å². The van der Waals surface area contributed by atoms with Crippen LogP contribution in [0.1, 0.15) is 24.0 Å². The van der Waals surface area contributed by atoms with Crippen LogP contribution in [0.4, 0.5) is 5.82 Å². The van der Waals surface area contributed by atoms with Crippen molar-refractivity contribution in [1.29, 1.82) is 0 Å². The average Bonchev–Trinajstić information content (AvgIpc) is 3.40. The van der Waals surface area contributed by atoms with Crippen molar-refractivity contribution in [3.63, 3.8) is 0 Å². The summed E-state index contributed by atoms with van der Waals surface area (Å²) >= 11 is 6.61. The molecule has 176 valence electrons. The highest BCUT2D eigenvalue weighted by Crippen LogP contribution is 2.34. The summed E-state index contributed by atoms with van der Waals surface area (Å²) in [6, 6.07) is 3.66. The first-order chi connectivity index (χ1) is 16.0. The summed E-state index contributed by atoms with van der Waals surface area (Å²) in [5, 5.41) is 12.0. The molecule has 2 fully saturated rings. The van der Waals surface area contributed by atoms with Crippen LogP contribution in [-0.4, -0.2) is 75.2 Å². The monoisotopic (exact) mass is 490 g/mol. The van der Waals surface area contributed by atoms with E-state index < -0.39 is 0 Å². The molecule has 2 saturated heterocycles. The fourth-order valence-corrected chi connectivity index (χ4v) is 5.02. The summed E-state index contributed by atoms with van der Waals surface area (Å²) in [7, 11) is 0. The van der Waals surface area contributed by atoms with E-state index in [0.29, 0.717) is 47.0 Å². The topological polar surface area (TPSA) is 105 Å². The second-order valence-electron chi connectivity index (χ2n) is 7.75. The van der Waals surface area contributed by atoms with Gasteiger partial charge < -0.3 is 19.9 Å². The Morgan fingerprint density at radius 3 is 3.03 bits per heavy atom. The van der Waals surface area contributed by atoms with Crippen molar-refractivity contribution < 1.29 is 19.4 Å². The maximum Gasteiger partial charge on any atom is 0.267 e. The molecule has 4 rings (SSSR count). The van der Waals surface area contributed by atoms with Gasteiger partial charge in [-0.15, -0.1) is 0 Å². The van der Waals surface area contributed by atoms with E-state index in [1.54, 1.807) is 23.2 Å². The lowest BCUT2D eigenvalue weighted by Gasteiger charge is -2.18. The fourth-order valence-electron chi connectivity index (χ4n) is 3.77. The van der Waals surface area contributed by atoms with E-state index in [0.717, 1.165) is 18.4 Å². The lowest BCUT2D eigenvalue weighted by atomic mass is 10.2. The SMILES string of the molecule is Cc1cccn2c(=O)c(/C=C3/SC(=S)N(C[C@@H]4CCCO4)C3=O)c(NCCOCCO)nc12. The second-order valence-corrected chi connectivity index (χ2v) is 9.43. The zero-order chi connectivity index (χ0) is 23.4. The summed E-state index contributed by atoms with van der Waals surface area (Å²) < 4.78 is 12.9. The molecule has 0 saturated carbocycles. The minimum atomic E-state index is -0.285. The number of aliphatic hydroxyl groups excluding tert-OH is 1. The van der Waals surface area contributed by atoms with Crippen LogP contribution >= 0.6 is 24.0 Å². The Labute approximate surface area is 200 Å². The van der Waals surface area contributed by atoms with Gasteiger partial charge in [0.1, 0.15) is 15.8 Å². The molecule has 0 radical (unpaired) electrons. The molecule has 2 aliphatic rings. The molecule has 1 atom stereocenters. The third-order valence-electron chi connectivity index (χ3n) is 5.42. The van der Waals surface area contributed by atoms with Crippen molar-refractivity contribution in [2.75, 3.05) is 44.8 Å². The number of thioether (sulfide) groups is 1. The minimum absolute atomic E-state index is 0.0149. The molecule has 0 aromatic carbocycles.